The monoisotopic (exact) mass is 436 g/mol. The minimum Gasteiger partial charge on any atom is -0.358 e. The molecule has 0 aliphatic heterocycles. The van der Waals surface area contributed by atoms with Crippen molar-refractivity contribution >= 4 is 54.9 Å². The van der Waals surface area contributed by atoms with Gasteiger partial charge in [-0.25, -0.2) is 0 Å². The molecule has 112 valence electrons. The Morgan fingerprint density at radius 3 is 2.76 bits per heavy atom. The first kappa shape index (κ1) is 16.1. The van der Waals surface area contributed by atoms with Gasteiger partial charge < -0.3 is 15.4 Å². The van der Waals surface area contributed by atoms with Crippen LogP contribution in [0, 0.1) is 17.0 Å². The molecule has 0 fully saturated rings. The van der Waals surface area contributed by atoms with Crippen LogP contribution in [0.4, 0.5) is 5.82 Å². The van der Waals surface area contributed by atoms with E-state index in [1.165, 1.54) is 22.1 Å². The molecule has 2 aromatic heterocycles. The van der Waals surface area contributed by atoms with Crippen molar-refractivity contribution in [2.45, 2.75) is 13.5 Å². The molecule has 2 rings (SSSR count). The summed E-state index contributed by atoms with van der Waals surface area (Å²) < 4.78 is 3.18. The van der Waals surface area contributed by atoms with Crippen molar-refractivity contribution in [1.82, 2.24) is 15.1 Å². The quantitative estimate of drug-likeness (QED) is 0.574. The number of hydrogen-bond donors (Lipinski definition) is 1. The molecule has 1 amide bonds. The third-order valence-corrected chi connectivity index (χ3v) is 5.89. The molecule has 0 aliphatic carbocycles. The first-order valence-corrected chi connectivity index (χ1v) is 8.20. The zero-order valence-corrected chi connectivity index (χ0v) is 14.8. The number of carbonyl (C=O) groups excluding carboxylic acids is 1. The molecular formula is C11H10Br2N4O3S. The van der Waals surface area contributed by atoms with Gasteiger partial charge in [0.05, 0.1) is 32.1 Å². The number of thiophene rings is 1. The summed E-state index contributed by atoms with van der Waals surface area (Å²) in [5, 5.41) is 17.2. The number of halogens is 2. The van der Waals surface area contributed by atoms with Crippen molar-refractivity contribution in [2.24, 2.45) is 0 Å². The van der Waals surface area contributed by atoms with Crippen LogP contribution in [0.15, 0.2) is 20.4 Å². The lowest BCUT2D eigenvalue weighted by molar-refractivity contribution is -0.389. The Morgan fingerprint density at radius 2 is 2.24 bits per heavy atom. The van der Waals surface area contributed by atoms with E-state index in [1.807, 2.05) is 0 Å². The molecule has 10 heteroatoms. The fourth-order valence-corrected chi connectivity index (χ4v) is 3.58. The van der Waals surface area contributed by atoms with Crippen molar-refractivity contribution in [3.63, 3.8) is 0 Å². The molecule has 0 aliphatic rings. The Bertz CT molecular complexity index is 678. The number of carbonyl (C=O) groups is 1. The first-order valence-electron chi connectivity index (χ1n) is 5.80. The average Bonchev–Trinajstić information content (AvgIpc) is 2.94. The Hall–Kier alpha value is -1.26. The van der Waals surface area contributed by atoms with E-state index in [0.717, 1.165) is 8.26 Å². The average molecular weight is 438 g/mol. The molecule has 1 N–H and O–H groups in total. The lowest BCUT2D eigenvalue weighted by Gasteiger charge is -2.02. The van der Waals surface area contributed by atoms with Crippen molar-refractivity contribution in [3.05, 3.63) is 41.1 Å². The van der Waals surface area contributed by atoms with Gasteiger partial charge in [-0.1, -0.05) is 0 Å². The second kappa shape index (κ2) is 6.67. The maximum Gasteiger partial charge on any atom is 0.390 e. The fraction of sp³-hybridized carbons (Fsp3) is 0.273. The highest BCUT2D eigenvalue weighted by Gasteiger charge is 2.16. The minimum atomic E-state index is -0.539. The molecule has 0 bridgehead atoms. The molecule has 2 heterocycles. The molecule has 0 atom stereocenters. The van der Waals surface area contributed by atoms with Gasteiger partial charge >= 0.3 is 5.82 Å². The third-order valence-electron chi connectivity index (χ3n) is 2.63. The van der Waals surface area contributed by atoms with E-state index in [1.54, 1.807) is 13.0 Å². The van der Waals surface area contributed by atoms with E-state index in [0.29, 0.717) is 23.7 Å². The van der Waals surface area contributed by atoms with Crippen LogP contribution in [0.3, 0.4) is 0 Å². The number of aromatic nitrogens is 2. The summed E-state index contributed by atoms with van der Waals surface area (Å²) in [6.07, 6.45) is 0. The molecule has 0 saturated heterocycles. The van der Waals surface area contributed by atoms with Crippen molar-refractivity contribution in [1.29, 1.82) is 0 Å². The second-order valence-electron chi connectivity index (χ2n) is 4.11. The molecule has 21 heavy (non-hydrogen) atoms. The van der Waals surface area contributed by atoms with Crippen LogP contribution in [0.1, 0.15) is 15.4 Å². The first-order chi connectivity index (χ1) is 9.88. The summed E-state index contributed by atoms with van der Waals surface area (Å²) in [4.78, 5) is 22.6. The van der Waals surface area contributed by atoms with Gasteiger partial charge in [0.15, 0.2) is 0 Å². The van der Waals surface area contributed by atoms with E-state index in [-0.39, 0.29) is 11.7 Å². The summed E-state index contributed by atoms with van der Waals surface area (Å²) in [7, 11) is 0. The number of hydrogen-bond acceptors (Lipinski definition) is 5. The van der Waals surface area contributed by atoms with Crippen LogP contribution < -0.4 is 5.32 Å². The zero-order chi connectivity index (χ0) is 15.6. The number of amides is 1. The van der Waals surface area contributed by atoms with E-state index in [9.17, 15) is 14.9 Å². The predicted molar refractivity (Wildman–Crippen MR) is 85.7 cm³/mol. The molecule has 0 aromatic carbocycles. The highest BCUT2D eigenvalue weighted by atomic mass is 79.9. The van der Waals surface area contributed by atoms with Crippen LogP contribution in [-0.4, -0.2) is 27.2 Å². The molecule has 0 radical (unpaired) electrons. The Morgan fingerprint density at radius 1 is 1.52 bits per heavy atom. The number of aryl methyl sites for hydroxylation is 1. The fourth-order valence-electron chi connectivity index (χ4n) is 1.63. The van der Waals surface area contributed by atoms with E-state index in [4.69, 9.17) is 0 Å². The Balaban J connectivity index is 1.92. The van der Waals surface area contributed by atoms with Crippen molar-refractivity contribution in [3.8, 4) is 0 Å². The van der Waals surface area contributed by atoms with Crippen LogP contribution in [-0.2, 0) is 6.54 Å². The van der Waals surface area contributed by atoms with Crippen LogP contribution >= 0.6 is 43.2 Å². The standard InChI is InChI=1S/C11H10Br2N4O3S/c1-6-4-9(17(19)20)15-16(6)3-2-14-11(18)8-5-7(12)10(13)21-8/h4-5H,2-3H2,1H3,(H,14,18). The summed E-state index contributed by atoms with van der Waals surface area (Å²) >= 11 is 7.98. The van der Waals surface area contributed by atoms with Crippen molar-refractivity contribution < 1.29 is 9.72 Å². The molecular weight excluding hydrogens is 428 g/mol. The minimum absolute atomic E-state index is 0.189. The number of rotatable bonds is 5. The van der Waals surface area contributed by atoms with Gasteiger partial charge in [-0.05, 0) is 49.8 Å². The summed E-state index contributed by atoms with van der Waals surface area (Å²) in [5.74, 6) is -0.379. The number of nitro groups is 1. The Kier molecular flexibility index (Phi) is 5.12. The van der Waals surface area contributed by atoms with E-state index >= 15 is 0 Å². The van der Waals surface area contributed by atoms with Gasteiger partial charge in [-0.2, -0.15) is 4.68 Å². The van der Waals surface area contributed by atoms with Gasteiger partial charge in [0.2, 0.25) is 0 Å². The molecule has 0 saturated carbocycles. The SMILES string of the molecule is Cc1cc([N+](=O)[O-])nn1CCNC(=O)c1cc(Br)c(Br)s1. The lowest BCUT2D eigenvalue weighted by Crippen LogP contribution is -2.27. The largest absolute Gasteiger partial charge is 0.390 e. The highest BCUT2D eigenvalue weighted by molar-refractivity contribution is 9.13. The maximum atomic E-state index is 11.9. The number of nitrogens with one attached hydrogen (secondary N) is 1. The summed E-state index contributed by atoms with van der Waals surface area (Å²) in [5.41, 5.74) is 0.678. The van der Waals surface area contributed by atoms with Gasteiger partial charge in [-0.3, -0.25) is 4.79 Å². The maximum absolute atomic E-state index is 11.9. The lowest BCUT2D eigenvalue weighted by atomic mass is 10.4. The van der Waals surface area contributed by atoms with Gasteiger partial charge in [0.25, 0.3) is 5.91 Å². The van der Waals surface area contributed by atoms with Gasteiger partial charge in [0, 0.05) is 11.0 Å². The third kappa shape index (κ3) is 3.89. The normalized spacial score (nSPS) is 10.6. The zero-order valence-electron chi connectivity index (χ0n) is 10.8. The van der Waals surface area contributed by atoms with Crippen LogP contribution in [0.2, 0.25) is 0 Å². The van der Waals surface area contributed by atoms with Crippen LogP contribution in [0.25, 0.3) is 0 Å². The van der Waals surface area contributed by atoms with E-state index in [2.05, 4.69) is 42.3 Å². The topological polar surface area (TPSA) is 90.1 Å². The summed E-state index contributed by atoms with van der Waals surface area (Å²) in [6, 6.07) is 3.13. The van der Waals surface area contributed by atoms with Crippen molar-refractivity contribution in [2.75, 3.05) is 6.54 Å². The predicted octanol–water partition coefficient (Wildman–Crippen LogP) is 3.12. The molecule has 7 nitrogen and oxygen atoms in total. The van der Waals surface area contributed by atoms with Gasteiger partial charge in [0.1, 0.15) is 0 Å². The highest BCUT2D eigenvalue weighted by Crippen LogP contribution is 2.32. The van der Waals surface area contributed by atoms with Crippen LogP contribution in [0.5, 0.6) is 0 Å². The number of nitrogens with zero attached hydrogens (tertiary/aromatic N) is 3. The van der Waals surface area contributed by atoms with E-state index < -0.39 is 4.92 Å². The van der Waals surface area contributed by atoms with Gasteiger partial charge in [-0.15, -0.1) is 11.3 Å². The summed E-state index contributed by atoms with van der Waals surface area (Å²) in [6.45, 7) is 2.44. The molecule has 2 aromatic rings. The molecule has 0 unspecified atom stereocenters. The second-order valence-corrected chi connectivity index (χ2v) is 7.34. The smallest absolute Gasteiger partial charge is 0.358 e. The Labute approximate surface area is 140 Å². The molecule has 0 spiro atoms.